The third kappa shape index (κ3) is 3.48. The molecule has 1 aliphatic rings. The van der Waals surface area contributed by atoms with Gasteiger partial charge < -0.3 is 0 Å². The van der Waals surface area contributed by atoms with E-state index >= 15 is 0 Å². The van der Waals surface area contributed by atoms with Crippen molar-refractivity contribution in [2.45, 2.75) is 39.5 Å². The molecule has 0 fully saturated rings. The maximum atomic E-state index is 11.9. The van der Waals surface area contributed by atoms with Crippen LogP contribution in [0.5, 0.6) is 0 Å². The molecule has 0 N–H and O–H groups in total. The molecule has 0 saturated heterocycles. The van der Waals surface area contributed by atoms with Crippen molar-refractivity contribution in [3.8, 4) is 11.8 Å². The summed E-state index contributed by atoms with van der Waals surface area (Å²) in [5.74, 6) is 6.19. The Hall–Kier alpha value is -1.73. The molecule has 21 heavy (non-hydrogen) atoms. The van der Waals surface area contributed by atoms with Crippen molar-refractivity contribution in [2.24, 2.45) is 10.5 Å². The van der Waals surface area contributed by atoms with Gasteiger partial charge in [-0.3, -0.25) is 4.79 Å². The zero-order chi connectivity index (χ0) is 15.7. The van der Waals surface area contributed by atoms with E-state index in [4.69, 9.17) is 0 Å². The number of nitrogens with zero attached hydrogens (tertiary/aromatic N) is 2. The average molecular weight is 300 g/mol. The van der Waals surface area contributed by atoms with Gasteiger partial charge in [-0.15, -0.1) is 0 Å². The van der Waals surface area contributed by atoms with Crippen LogP contribution in [0.3, 0.4) is 0 Å². The molecule has 1 aromatic carbocycles. The second kappa shape index (κ2) is 5.57. The van der Waals surface area contributed by atoms with Crippen LogP contribution in [0.1, 0.15) is 40.2 Å². The van der Waals surface area contributed by atoms with E-state index in [0.717, 1.165) is 5.56 Å². The van der Waals surface area contributed by atoms with Gasteiger partial charge in [0.05, 0.1) is 0 Å². The summed E-state index contributed by atoms with van der Waals surface area (Å²) >= 11 is 1.52. The van der Waals surface area contributed by atoms with Crippen molar-refractivity contribution >= 4 is 22.7 Å². The van der Waals surface area contributed by atoms with Crippen LogP contribution in [0.25, 0.3) is 0 Å². The molecule has 110 valence electrons. The fourth-order valence-corrected chi connectivity index (χ4v) is 3.14. The van der Waals surface area contributed by atoms with Gasteiger partial charge in [-0.1, -0.05) is 48.0 Å². The topological polar surface area (TPSA) is 32.7 Å². The second-order valence-corrected chi connectivity index (χ2v) is 7.57. The summed E-state index contributed by atoms with van der Waals surface area (Å²) in [4.78, 5) is 11.4. The van der Waals surface area contributed by atoms with Crippen LogP contribution in [-0.2, 0) is 9.67 Å². The molecule has 0 saturated carbocycles. The monoisotopic (exact) mass is 300 g/mol. The molecule has 1 amide bonds. The zero-order valence-corrected chi connectivity index (χ0v) is 13.9. The minimum Gasteiger partial charge on any atom is -0.273 e. The first-order chi connectivity index (χ1) is 9.72. The molecule has 4 heteroatoms. The van der Waals surface area contributed by atoms with Gasteiger partial charge in [0.15, 0.2) is 5.04 Å². The highest BCUT2D eigenvalue weighted by Crippen LogP contribution is 2.45. The summed E-state index contributed by atoms with van der Waals surface area (Å²) in [5.41, 5.74) is 0.956. The third-order valence-electron chi connectivity index (χ3n) is 3.04. The Morgan fingerprint density at radius 2 is 1.90 bits per heavy atom. The van der Waals surface area contributed by atoms with E-state index in [1.165, 1.54) is 23.7 Å². The molecule has 1 atom stereocenters. The summed E-state index contributed by atoms with van der Waals surface area (Å²) in [6.45, 7) is 9.70. The van der Waals surface area contributed by atoms with E-state index in [0.29, 0.717) is 5.04 Å². The molecular weight excluding hydrogens is 280 g/mol. The smallest absolute Gasteiger partial charge is 0.241 e. The molecule has 0 aromatic heterocycles. The van der Waals surface area contributed by atoms with Gasteiger partial charge in [-0.25, -0.2) is 5.01 Å². The van der Waals surface area contributed by atoms with Crippen molar-refractivity contribution in [1.82, 2.24) is 5.01 Å². The van der Waals surface area contributed by atoms with Crippen LogP contribution in [0.2, 0.25) is 0 Å². The van der Waals surface area contributed by atoms with Crippen LogP contribution >= 0.6 is 11.8 Å². The predicted molar refractivity (Wildman–Crippen MR) is 88.6 cm³/mol. The standard InChI is InChI=1S/C17H20N2OS/c1-13(20)19-17(5,14-9-7-6-8-10-14)21-15(18-19)11-12-16(2,3)4/h6-10H,1-5H3. The number of thioether (sulfide) groups is 1. The molecule has 1 unspecified atom stereocenters. The first kappa shape index (κ1) is 15.7. The molecule has 0 radical (unpaired) electrons. The quantitative estimate of drug-likeness (QED) is 0.739. The fraction of sp³-hybridized carbons (Fsp3) is 0.412. The second-order valence-electron chi connectivity index (χ2n) is 6.19. The lowest BCUT2D eigenvalue weighted by atomic mass is 9.98. The Balaban J connectivity index is 2.38. The SMILES string of the molecule is CC(=O)N1N=C(C#CC(C)(C)C)SC1(C)c1ccccc1. The molecule has 1 aliphatic heterocycles. The lowest BCUT2D eigenvalue weighted by molar-refractivity contribution is -0.131. The van der Waals surface area contributed by atoms with Crippen molar-refractivity contribution in [3.63, 3.8) is 0 Å². The maximum absolute atomic E-state index is 11.9. The van der Waals surface area contributed by atoms with E-state index in [-0.39, 0.29) is 11.3 Å². The summed E-state index contributed by atoms with van der Waals surface area (Å²) in [5, 5.41) is 6.62. The number of hydrogen-bond acceptors (Lipinski definition) is 3. The first-order valence-electron chi connectivity index (χ1n) is 6.89. The van der Waals surface area contributed by atoms with Gasteiger partial charge in [0.25, 0.3) is 0 Å². The van der Waals surface area contributed by atoms with Crippen LogP contribution in [0, 0.1) is 17.3 Å². The summed E-state index contributed by atoms with van der Waals surface area (Å²) in [6.07, 6.45) is 0. The molecule has 2 rings (SSSR count). The Kier molecular flexibility index (Phi) is 4.15. The largest absolute Gasteiger partial charge is 0.273 e. The highest BCUT2D eigenvalue weighted by Gasteiger charge is 2.43. The summed E-state index contributed by atoms with van der Waals surface area (Å²) in [6, 6.07) is 9.93. The van der Waals surface area contributed by atoms with E-state index in [9.17, 15) is 4.79 Å². The molecule has 1 heterocycles. The van der Waals surface area contributed by atoms with Crippen molar-refractivity contribution in [3.05, 3.63) is 35.9 Å². The van der Waals surface area contributed by atoms with E-state index in [2.05, 4.69) is 37.7 Å². The Morgan fingerprint density at radius 3 is 2.43 bits per heavy atom. The minimum atomic E-state index is -0.533. The van der Waals surface area contributed by atoms with Crippen molar-refractivity contribution < 1.29 is 4.79 Å². The van der Waals surface area contributed by atoms with Gasteiger partial charge in [-0.2, -0.15) is 5.10 Å². The van der Waals surface area contributed by atoms with Crippen molar-refractivity contribution in [1.29, 1.82) is 0 Å². The lowest BCUT2D eigenvalue weighted by Crippen LogP contribution is -2.37. The highest BCUT2D eigenvalue weighted by atomic mass is 32.2. The Morgan fingerprint density at radius 1 is 1.29 bits per heavy atom. The summed E-state index contributed by atoms with van der Waals surface area (Å²) < 4.78 is 0. The van der Waals surface area contributed by atoms with E-state index < -0.39 is 4.87 Å². The average Bonchev–Trinajstić information content (AvgIpc) is 2.76. The minimum absolute atomic E-state index is 0.0820. The maximum Gasteiger partial charge on any atom is 0.241 e. The molecule has 0 aliphatic carbocycles. The number of benzene rings is 1. The highest BCUT2D eigenvalue weighted by molar-refractivity contribution is 8.15. The van der Waals surface area contributed by atoms with Gasteiger partial charge >= 0.3 is 0 Å². The number of hydrazone groups is 1. The van der Waals surface area contributed by atoms with Gasteiger partial charge in [0.2, 0.25) is 5.91 Å². The predicted octanol–water partition coefficient (Wildman–Crippen LogP) is 3.82. The number of hydrogen-bond donors (Lipinski definition) is 0. The first-order valence-corrected chi connectivity index (χ1v) is 7.71. The van der Waals surface area contributed by atoms with Gasteiger partial charge in [-0.05, 0) is 39.2 Å². The van der Waals surface area contributed by atoms with Crippen LogP contribution in [-0.4, -0.2) is 16.0 Å². The normalized spacial score (nSPS) is 21.6. The molecule has 0 bridgehead atoms. The van der Waals surface area contributed by atoms with Gasteiger partial charge in [0, 0.05) is 12.3 Å². The number of amides is 1. The third-order valence-corrected chi connectivity index (χ3v) is 4.23. The van der Waals surface area contributed by atoms with Crippen LogP contribution in [0.15, 0.2) is 35.4 Å². The molecular formula is C17H20N2OS. The number of rotatable bonds is 1. The lowest BCUT2D eigenvalue weighted by Gasteiger charge is -2.31. The van der Waals surface area contributed by atoms with E-state index in [1.54, 1.807) is 0 Å². The van der Waals surface area contributed by atoms with Crippen LogP contribution < -0.4 is 0 Å². The summed E-state index contributed by atoms with van der Waals surface area (Å²) in [7, 11) is 0. The number of carbonyl (C=O) groups excluding carboxylic acids is 1. The van der Waals surface area contributed by atoms with E-state index in [1.807, 2.05) is 37.3 Å². The zero-order valence-electron chi connectivity index (χ0n) is 13.1. The van der Waals surface area contributed by atoms with Gasteiger partial charge in [0.1, 0.15) is 4.87 Å². The number of carbonyl (C=O) groups is 1. The Labute approximate surface area is 130 Å². The van der Waals surface area contributed by atoms with Crippen molar-refractivity contribution in [2.75, 3.05) is 0 Å². The Bertz CT molecular complexity index is 634. The molecule has 1 aromatic rings. The molecule has 3 nitrogen and oxygen atoms in total. The van der Waals surface area contributed by atoms with Crippen LogP contribution in [0.4, 0.5) is 0 Å². The fourth-order valence-electron chi connectivity index (χ4n) is 2.03. The molecule has 0 spiro atoms.